The summed E-state index contributed by atoms with van der Waals surface area (Å²) in [4.78, 5) is 14.5. The number of hydrogen-bond donors (Lipinski definition) is 1. The maximum absolute atomic E-state index is 10.0. The van der Waals surface area contributed by atoms with Gasteiger partial charge in [0.05, 0.1) is 0 Å². The van der Waals surface area contributed by atoms with Gasteiger partial charge in [-0.25, -0.2) is 0 Å². The predicted octanol–water partition coefficient (Wildman–Crippen LogP) is 4.19. The van der Waals surface area contributed by atoms with E-state index >= 15 is 0 Å². The summed E-state index contributed by atoms with van der Waals surface area (Å²) < 4.78 is 0. The first-order chi connectivity index (χ1) is 10.6. The number of aromatic nitrogens is 1. The van der Waals surface area contributed by atoms with Crippen molar-refractivity contribution in [2.45, 2.75) is 72.1 Å². The second kappa shape index (κ2) is 10.5. The number of piperidine rings is 1. The van der Waals surface area contributed by atoms with Gasteiger partial charge in [-0.05, 0) is 75.7 Å². The third-order valence-corrected chi connectivity index (χ3v) is 4.19. The van der Waals surface area contributed by atoms with E-state index in [-0.39, 0.29) is 5.78 Å². The summed E-state index contributed by atoms with van der Waals surface area (Å²) in [5, 5.41) is 3.43. The van der Waals surface area contributed by atoms with Crippen molar-refractivity contribution in [3.05, 3.63) is 29.1 Å². The molecule has 1 aliphatic rings. The van der Waals surface area contributed by atoms with Crippen molar-refractivity contribution in [3.63, 3.8) is 0 Å². The second-order valence-corrected chi connectivity index (χ2v) is 6.19. The number of pyridine rings is 1. The average molecular weight is 304 g/mol. The van der Waals surface area contributed by atoms with Crippen LogP contribution in [0.15, 0.2) is 12.3 Å². The molecule has 0 saturated carbocycles. The highest BCUT2D eigenvalue weighted by Crippen LogP contribution is 2.29. The lowest BCUT2D eigenvalue weighted by Gasteiger charge is -2.25. The van der Waals surface area contributed by atoms with Crippen molar-refractivity contribution in [1.82, 2.24) is 10.3 Å². The molecule has 0 radical (unpaired) electrons. The third-order valence-electron chi connectivity index (χ3n) is 4.19. The number of aryl methyl sites for hydroxylation is 1. The van der Waals surface area contributed by atoms with Gasteiger partial charge in [0, 0.05) is 18.3 Å². The van der Waals surface area contributed by atoms with Crippen LogP contribution >= 0.6 is 0 Å². The van der Waals surface area contributed by atoms with Crippen LogP contribution in [-0.4, -0.2) is 23.9 Å². The lowest BCUT2D eigenvalue weighted by molar-refractivity contribution is -0.117. The first-order valence-corrected chi connectivity index (χ1v) is 8.74. The Balaban J connectivity index is 0.000000346. The van der Waals surface area contributed by atoms with Crippen LogP contribution in [0.25, 0.3) is 0 Å². The van der Waals surface area contributed by atoms with Crippen molar-refractivity contribution in [3.8, 4) is 0 Å². The molecule has 1 aromatic rings. The molecule has 2 heterocycles. The topological polar surface area (TPSA) is 42.0 Å². The number of hydrogen-bond acceptors (Lipinski definition) is 3. The molecule has 0 aliphatic carbocycles. The molecule has 1 N–H and O–H groups in total. The maximum atomic E-state index is 10.0. The van der Waals surface area contributed by atoms with E-state index in [1.54, 1.807) is 12.5 Å². The average Bonchev–Trinajstić information content (AvgIpc) is 2.51. The molecule has 1 saturated heterocycles. The first kappa shape index (κ1) is 18.8. The van der Waals surface area contributed by atoms with E-state index in [4.69, 9.17) is 0 Å². The highest BCUT2D eigenvalue weighted by Gasteiger charge is 2.18. The van der Waals surface area contributed by atoms with Gasteiger partial charge in [0.15, 0.2) is 0 Å². The molecule has 3 heteroatoms. The highest BCUT2D eigenvalue weighted by atomic mass is 16.1. The van der Waals surface area contributed by atoms with Crippen LogP contribution in [0.4, 0.5) is 0 Å². The molecule has 0 amide bonds. The van der Waals surface area contributed by atoms with Crippen molar-refractivity contribution >= 4 is 5.78 Å². The van der Waals surface area contributed by atoms with Gasteiger partial charge < -0.3 is 10.1 Å². The zero-order valence-corrected chi connectivity index (χ0v) is 14.7. The molecule has 0 spiro atoms. The van der Waals surface area contributed by atoms with Gasteiger partial charge in [-0.2, -0.15) is 0 Å². The van der Waals surface area contributed by atoms with E-state index in [0.717, 1.165) is 31.8 Å². The number of nitrogens with zero attached hydrogens (tertiary/aromatic N) is 1. The molecule has 2 rings (SSSR count). The Hall–Kier alpha value is -1.22. The monoisotopic (exact) mass is 304 g/mol. The molecular formula is C19H32N2O. The SMILES string of the molecule is CCCC(C)=O.CCCc1c(C2CCNCC2)ccnc1C. The highest BCUT2D eigenvalue weighted by molar-refractivity contribution is 5.75. The zero-order valence-electron chi connectivity index (χ0n) is 14.7. The summed E-state index contributed by atoms with van der Waals surface area (Å²) in [6.07, 6.45) is 8.64. The van der Waals surface area contributed by atoms with Crippen LogP contribution in [0.3, 0.4) is 0 Å². The largest absolute Gasteiger partial charge is 0.317 e. The third kappa shape index (κ3) is 6.27. The number of rotatable bonds is 5. The minimum Gasteiger partial charge on any atom is -0.317 e. The smallest absolute Gasteiger partial charge is 0.129 e. The summed E-state index contributed by atoms with van der Waals surface area (Å²) in [5.74, 6) is 1.04. The van der Waals surface area contributed by atoms with Crippen LogP contribution in [0.1, 0.15) is 75.6 Å². The summed E-state index contributed by atoms with van der Waals surface area (Å²) in [7, 11) is 0. The Morgan fingerprint density at radius 3 is 2.45 bits per heavy atom. The Kier molecular flexibility index (Phi) is 8.98. The molecule has 3 nitrogen and oxygen atoms in total. The molecule has 0 atom stereocenters. The fraction of sp³-hybridized carbons (Fsp3) is 0.684. The van der Waals surface area contributed by atoms with Gasteiger partial charge in [-0.3, -0.25) is 4.98 Å². The number of ketones is 1. The summed E-state index contributed by atoms with van der Waals surface area (Å²) >= 11 is 0. The van der Waals surface area contributed by atoms with Crippen molar-refractivity contribution in [2.24, 2.45) is 0 Å². The van der Waals surface area contributed by atoms with E-state index in [9.17, 15) is 4.79 Å². The van der Waals surface area contributed by atoms with E-state index in [1.807, 2.05) is 13.1 Å². The standard InChI is InChI=1S/C14H22N2.C5H10O/c1-3-4-13-11(2)16-10-7-14(13)12-5-8-15-9-6-12;1-3-4-5(2)6/h7,10,12,15H,3-6,8-9H2,1-2H3;3-4H2,1-2H3. The van der Waals surface area contributed by atoms with Crippen LogP contribution in [0.5, 0.6) is 0 Å². The Morgan fingerprint density at radius 1 is 1.27 bits per heavy atom. The number of carbonyl (C=O) groups is 1. The van der Waals surface area contributed by atoms with E-state index in [1.165, 1.54) is 36.9 Å². The van der Waals surface area contributed by atoms with Gasteiger partial charge >= 0.3 is 0 Å². The molecule has 0 bridgehead atoms. The minimum absolute atomic E-state index is 0.289. The van der Waals surface area contributed by atoms with Crippen molar-refractivity contribution in [2.75, 3.05) is 13.1 Å². The quantitative estimate of drug-likeness (QED) is 0.887. The van der Waals surface area contributed by atoms with Gasteiger partial charge in [0.25, 0.3) is 0 Å². The lowest BCUT2D eigenvalue weighted by atomic mass is 9.86. The minimum atomic E-state index is 0.289. The van der Waals surface area contributed by atoms with Gasteiger partial charge in [-0.15, -0.1) is 0 Å². The Morgan fingerprint density at radius 2 is 1.95 bits per heavy atom. The Bertz CT molecular complexity index is 451. The molecular weight excluding hydrogens is 272 g/mol. The van der Waals surface area contributed by atoms with E-state index in [0.29, 0.717) is 0 Å². The second-order valence-electron chi connectivity index (χ2n) is 6.19. The summed E-state index contributed by atoms with van der Waals surface area (Å²) in [5.41, 5.74) is 4.31. The molecule has 1 fully saturated rings. The zero-order chi connectivity index (χ0) is 16.4. The molecule has 22 heavy (non-hydrogen) atoms. The fourth-order valence-electron chi connectivity index (χ4n) is 3.06. The normalized spacial score (nSPS) is 15.1. The van der Waals surface area contributed by atoms with E-state index in [2.05, 4.69) is 30.2 Å². The van der Waals surface area contributed by atoms with Crippen molar-refractivity contribution < 1.29 is 4.79 Å². The van der Waals surface area contributed by atoms with Gasteiger partial charge in [0.2, 0.25) is 0 Å². The fourth-order valence-corrected chi connectivity index (χ4v) is 3.06. The molecule has 0 unspecified atom stereocenters. The Labute approximate surface area is 135 Å². The predicted molar refractivity (Wildman–Crippen MR) is 93.4 cm³/mol. The van der Waals surface area contributed by atoms with Crippen LogP contribution < -0.4 is 5.32 Å². The summed E-state index contributed by atoms with van der Waals surface area (Å²) in [6, 6.07) is 2.24. The maximum Gasteiger partial charge on any atom is 0.129 e. The van der Waals surface area contributed by atoms with Crippen LogP contribution in [-0.2, 0) is 11.2 Å². The number of Topliss-reactive ketones (excluding diaryl/α,β-unsaturated/α-hetero) is 1. The molecule has 0 aromatic carbocycles. The molecule has 1 aliphatic heterocycles. The number of nitrogens with one attached hydrogen (secondary N) is 1. The molecule has 124 valence electrons. The molecule has 1 aromatic heterocycles. The van der Waals surface area contributed by atoms with Crippen LogP contribution in [0, 0.1) is 6.92 Å². The first-order valence-electron chi connectivity index (χ1n) is 8.74. The lowest BCUT2D eigenvalue weighted by Crippen LogP contribution is -2.27. The van der Waals surface area contributed by atoms with Gasteiger partial charge in [0.1, 0.15) is 5.78 Å². The number of carbonyl (C=O) groups excluding carboxylic acids is 1. The van der Waals surface area contributed by atoms with Crippen molar-refractivity contribution in [1.29, 1.82) is 0 Å². The van der Waals surface area contributed by atoms with Crippen LogP contribution in [0.2, 0.25) is 0 Å². The summed E-state index contributed by atoms with van der Waals surface area (Å²) in [6.45, 7) is 10.3. The van der Waals surface area contributed by atoms with Gasteiger partial charge in [-0.1, -0.05) is 20.3 Å². The van der Waals surface area contributed by atoms with E-state index < -0.39 is 0 Å².